The van der Waals surface area contributed by atoms with E-state index in [1.54, 1.807) is 0 Å². The first-order valence-electron chi connectivity index (χ1n) is 21.8. The summed E-state index contributed by atoms with van der Waals surface area (Å²) in [6, 6.07) is 0. The first kappa shape index (κ1) is 40.5. The van der Waals surface area contributed by atoms with Crippen LogP contribution in [-0.4, -0.2) is 12.1 Å². The summed E-state index contributed by atoms with van der Waals surface area (Å²) in [6.07, 6.45) is 41.0. The molecule has 4 aliphatic carbocycles. The number of allylic oxidation sites excluding steroid dienone is 6. The van der Waals surface area contributed by atoms with Crippen molar-refractivity contribution in [3.63, 3.8) is 0 Å². The van der Waals surface area contributed by atoms with E-state index in [0.717, 1.165) is 92.3 Å². The second-order valence-electron chi connectivity index (χ2n) is 18.3. The molecule has 0 radical (unpaired) electrons. The van der Waals surface area contributed by atoms with Gasteiger partial charge in [0.2, 0.25) is 0 Å². The molecule has 49 heavy (non-hydrogen) atoms. The number of fused-ring (bicyclic) bond motifs is 5. The molecule has 0 bridgehead atoms. The fraction of sp³-hybridized carbons (Fsp3) is 0.851. The summed E-state index contributed by atoms with van der Waals surface area (Å²) in [4.78, 5) is 12.9. The van der Waals surface area contributed by atoms with E-state index in [4.69, 9.17) is 4.74 Å². The van der Waals surface area contributed by atoms with Crippen molar-refractivity contribution in [2.75, 3.05) is 0 Å². The predicted octanol–water partition coefficient (Wildman–Crippen LogP) is 14.2. The van der Waals surface area contributed by atoms with E-state index in [0.29, 0.717) is 17.3 Å². The molecule has 0 spiro atoms. The van der Waals surface area contributed by atoms with Crippen LogP contribution in [0.15, 0.2) is 36.5 Å². The molecule has 2 heteroatoms. The molecule has 0 aromatic heterocycles. The third-order valence-corrected chi connectivity index (χ3v) is 15.2. The predicted molar refractivity (Wildman–Crippen MR) is 211 cm³/mol. The largest absolute Gasteiger partial charge is 0.462 e. The van der Waals surface area contributed by atoms with Crippen molar-refractivity contribution in [3.05, 3.63) is 36.5 Å². The molecule has 2 nitrogen and oxygen atoms in total. The fourth-order valence-corrected chi connectivity index (χ4v) is 12.1. The Hall–Kier alpha value is -1.31. The summed E-state index contributed by atoms with van der Waals surface area (Å²) in [5.74, 6) is 7.12. The molecule has 0 unspecified atom stereocenters. The number of carbonyl (C=O) groups is 1. The Morgan fingerprint density at radius 2 is 1.41 bits per heavy atom. The molecule has 0 aromatic carbocycles. The van der Waals surface area contributed by atoms with Gasteiger partial charge >= 0.3 is 5.97 Å². The van der Waals surface area contributed by atoms with Gasteiger partial charge in [-0.1, -0.05) is 117 Å². The maximum absolute atomic E-state index is 12.9. The van der Waals surface area contributed by atoms with Crippen LogP contribution in [0.3, 0.4) is 0 Å². The van der Waals surface area contributed by atoms with Crippen LogP contribution in [0.5, 0.6) is 0 Å². The van der Waals surface area contributed by atoms with Gasteiger partial charge in [-0.25, -0.2) is 0 Å². The van der Waals surface area contributed by atoms with Crippen LogP contribution in [0, 0.1) is 58.2 Å². The molecule has 280 valence electrons. The van der Waals surface area contributed by atoms with Crippen molar-refractivity contribution in [2.45, 2.75) is 196 Å². The Morgan fingerprint density at radius 1 is 0.735 bits per heavy atom. The van der Waals surface area contributed by atoms with Crippen molar-refractivity contribution in [1.29, 1.82) is 0 Å². The first-order valence-corrected chi connectivity index (χ1v) is 21.8. The highest BCUT2D eigenvalue weighted by atomic mass is 16.5. The number of hydrogen-bond acceptors (Lipinski definition) is 2. The van der Waals surface area contributed by atoms with E-state index in [-0.39, 0.29) is 12.1 Å². The SMILES string of the molecule is CC/C=C\C/C=C\C/C=C\CCCCCCCC(=O)O[C@H]1CC[C@@]2(C)[C@@H](CC[C@@H]3[C@@H]2CC[C@]2(C)[C@@H]([C@H](C)CC[C@@H](CC)C(C)C)CC[C@@H]32)C1. The van der Waals surface area contributed by atoms with Gasteiger partial charge in [0.15, 0.2) is 0 Å². The minimum atomic E-state index is 0.0710. The molecule has 0 amide bonds. The Labute approximate surface area is 305 Å². The summed E-state index contributed by atoms with van der Waals surface area (Å²) < 4.78 is 6.17. The van der Waals surface area contributed by atoms with Gasteiger partial charge in [-0.3, -0.25) is 4.79 Å². The van der Waals surface area contributed by atoms with E-state index >= 15 is 0 Å². The highest BCUT2D eigenvalue weighted by molar-refractivity contribution is 5.69. The summed E-state index contributed by atoms with van der Waals surface area (Å²) in [7, 11) is 0. The van der Waals surface area contributed by atoms with E-state index in [1.165, 1.54) is 89.9 Å². The molecule has 4 fully saturated rings. The Bertz CT molecular complexity index is 1050. The van der Waals surface area contributed by atoms with Crippen LogP contribution in [0.4, 0.5) is 0 Å². The zero-order valence-electron chi connectivity index (χ0n) is 33.5. The molecule has 10 atom stereocenters. The molecule has 4 rings (SSSR count). The van der Waals surface area contributed by atoms with E-state index in [1.807, 2.05) is 0 Å². The first-order chi connectivity index (χ1) is 23.6. The molecule has 0 heterocycles. The Morgan fingerprint density at radius 3 is 2.14 bits per heavy atom. The topological polar surface area (TPSA) is 26.3 Å². The Balaban J connectivity index is 1.13. The maximum atomic E-state index is 12.9. The van der Waals surface area contributed by atoms with Gasteiger partial charge in [-0.15, -0.1) is 0 Å². The number of hydrogen-bond donors (Lipinski definition) is 0. The van der Waals surface area contributed by atoms with Crippen LogP contribution in [0.2, 0.25) is 0 Å². The van der Waals surface area contributed by atoms with Crippen molar-refractivity contribution >= 4 is 5.97 Å². The molecule has 0 aromatic rings. The molecular weight excluding hydrogens is 597 g/mol. The summed E-state index contributed by atoms with van der Waals surface area (Å²) in [5.41, 5.74) is 1.02. The lowest BCUT2D eigenvalue weighted by Gasteiger charge is -2.61. The van der Waals surface area contributed by atoms with Crippen LogP contribution in [0.1, 0.15) is 190 Å². The number of ether oxygens (including phenoxy) is 1. The molecular formula is C47H80O2. The summed E-state index contributed by atoms with van der Waals surface area (Å²) in [5, 5.41) is 0. The van der Waals surface area contributed by atoms with Crippen LogP contribution in [0.25, 0.3) is 0 Å². The number of esters is 1. The lowest BCUT2D eigenvalue weighted by atomic mass is 9.44. The van der Waals surface area contributed by atoms with Gasteiger partial charge in [-0.05, 0) is 161 Å². The van der Waals surface area contributed by atoms with Crippen LogP contribution in [-0.2, 0) is 9.53 Å². The lowest BCUT2D eigenvalue weighted by molar-refractivity contribution is -0.162. The quantitative estimate of drug-likeness (QED) is 0.0729. The number of rotatable bonds is 20. The average molecular weight is 677 g/mol. The molecule has 4 saturated carbocycles. The third kappa shape index (κ3) is 10.9. The lowest BCUT2D eigenvalue weighted by Crippen LogP contribution is -2.54. The number of unbranched alkanes of at least 4 members (excludes halogenated alkanes) is 5. The van der Waals surface area contributed by atoms with Crippen molar-refractivity contribution in [3.8, 4) is 0 Å². The van der Waals surface area contributed by atoms with Gasteiger partial charge in [0.1, 0.15) is 6.10 Å². The average Bonchev–Trinajstić information content (AvgIpc) is 3.44. The van der Waals surface area contributed by atoms with Gasteiger partial charge < -0.3 is 4.74 Å². The number of carbonyl (C=O) groups excluding carboxylic acids is 1. The third-order valence-electron chi connectivity index (χ3n) is 15.2. The second kappa shape index (κ2) is 20.1. The highest BCUT2D eigenvalue weighted by Gasteiger charge is 2.60. The molecule has 0 N–H and O–H groups in total. The summed E-state index contributed by atoms with van der Waals surface area (Å²) >= 11 is 0. The van der Waals surface area contributed by atoms with E-state index < -0.39 is 0 Å². The second-order valence-corrected chi connectivity index (χ2v) is 18.3. The Kier molecular flexibility index (Phi) is 16.6. The normalized spacial score (nSPS) is 34.4. The minimum absolute atomic E-state index is 0.0710. The van der Waals surface area contributed by atoms with Gasteiger partial charge in [0.25, 0.3) is 0 Å². The van der Waals surface area contributed by atoms with Crippen molar-refractivity contribution in [2.24, 2.45) is 58.2 Å². The zero-order valence-corrected chi connectivity index (χ0v) is 33.5. The van der Waals surface area contributed by atoms with E-state index in [2.05, 4.69) is 84.9 Å². The monoisotopic (exact) mass is 677 g/mol. The minimum Gasteiger partial charge on any atom is -0.462 e. The highest BCUT2D eigenvalue weighted by Crippen LogP contribution is 2.68. The smallest absolute Gasteiger partial charge is 0.306 e. The molecule has 4 aliphatic rings. The van der Waals surface area contributed by atoms with Gasteiger partial charge in [0, 0.05) is 6.42 Å². The van der Waals surface area contributed by atoms with E-state index in [9.17, 15) is 4.79 Å². The van der Waals surface area contributed by atoms with Crippen molar-refractivity contribution < 1.29 is 9.53 Å². The van der Waals surface area contributed by atoms with Crippen LogP contribution >= 0.6 is 0 Å². The van der Waals surface area contributed by atoms with Gasteiger partial charge in [-0.2, -0.15) is 0 Å². The van der Waals surface area contributed by atoms with Gasteiger partial charge in [0.05, 0.1) is 0 Å². The maximum Gasteiger partial charge on any atom is 0.306 e. The standard InChI is InChI=1S/C47H80O2/c1-8-10-11-12-13-14-15-16-17-18-19-20-21-22-23-24-45(48)49-40-31-33-46(6)39(35-40)27-28-41-43-30-29-42(47(43,7)34-32-44(41)46)37(5)25-26-38(9-2)36(3)4/h10-11,13-14,16-17,36-44H,8-9,12,15,18-35H2,1-7H3/b11-10-,14-13-,17-16-/t37-,38-,39+,40+,41+,42-,43+,44+,46+,47-/m1/s1. The van der Waals surface area contributed by atoms with Crippen molar-refractivity contribution in [1.82, 2.24) is 0 Å². The summed E-state index contributed by atoms with van der Waals surface area (Å²) in [6.45, 7) is 17.5. The van der Waals surface area contributed by atoms with Crippen LogP contribution < -0.4 is 0 Å². The molecule has 0 aliphatic heterocycles. The fourth-order valence-electron chi connectivity index (χ4n) is 12.1. The molecule has 0 saturated heterocycles. The zero-order chi connectivity index (χ0) is 35.3.